The molecular formula is C20H24N2O4S. The second-order valence-electron chi connectivity index (χ2n) is 7.32. The lowest BCUT2D eigenvalue weighted by atomic mass is 9.90. The van der Waals surface area contributed by atoms with Crippen molar-refractivity contribution in [2.45, 2.75) is 33.3 Å². The Morgan fingerprint density at radius 2 is 1.96 bits per heavy atom. The van der Waals surface area contributed by atoms with Crippen LogP contribution < -0.4 is 4.74 Å². The highest BCUT2D eigenvalue weighted by atomic mass is 32.1. The predicted octanol–water partition coefficient (Wildman–Crippen LogP) is 3.78. The first-order chi connectivity index (χ1) is 12.8. The summed E-state index contributed by atoms with van der Waals surface area (Å²) in [7, 11) is 0. The summed E-state index contributed by atoms with van der Waals surface area (Å²) in [6.07, 6.45) is 0.716. The standard InChI is InChI=1S/C20H24N2O4S/c1-12(2)26-16-6-4-14(5-7-16)18-21-17(11-27-18)19(23)22-9-13(3)8-15(10-22)20(24)25/h4-7,11-13,15H,8-10H2,1-3H3,(H,24,25). The lowest BCUT2D eigenvalue weighted by Crippen LogP contribution is -2.45. The molecule has 27 heavy (non-hydrogen) atoms. The molecule has 1 amide bonds. The number of thiazole rings is 1. The number of carboxylic acids is 1. The molecular weight excluding hydrogens is 364 g/mol. The third-order valence-electron chi connectivity index (χ3n) is 4.49. The minimum absolute atomic E-state index is 0.112. The van der Waals surface area contributed by atoms with Gasteiger partial charge in [0, 0.05) is 24.0 Å². The molecule has 0 spiro atoms. The molecule has 1 aromatic heterocycles. The zero-order chi connectivity index (χ0) is 19.6. The van der Waals surface area contributed by atoms with Crippen molar-refractivity contribution in [2.75, 3.05) is 13.1 Å². The molecule has 1 fully saturated rings. The number of carboxylic acid groups (broad SMARTS) is 1. The highest BCUT2D eigenvalue weighted by Gasteiger charge is 2.33. The Morgan fingerprint density at radius 3 is 2.59 bits per heavy atom. The molecule has 144 valence electrons. The number of hydrogen-bond acceptors (Lipinski definition) is 5. The molecule has 2 aromatic rings. The van der Waals surface area contributed by atoms with Crippen LogP contribution in [0.3, 0.4) is 0 Å². The normalized spacial score (nSPS) is 19.9. The number of aliphatic carboxylic acids is 1. The molecule has 0 bridgehead atoms. The lowest BCUT2D eigenvalue weighted by Gasteiger charge is -2.34. The van der Waals surface area contributed by atoms with Crippen LogP contribution in [0, 0.1) is 11.8 Å². The second kappa shape index (κ2) is 8.08. The number of ether oxygens (including phenoxy) is 1. The Kier molecular flexibility index (Phi) is 5.79. The van der Waals surface area contributed by atoms with E-state index in [2.05, 4.69) is 4.98 Å². The summed E-state index contributed by atoms with van der Waals surface area (Å²) >= 11 is 1.41. The molecule has 1 N–H and O–H groups in total. The first-order valence-corrected chi connectivity index (χ1v) is 9.96. The second-order valence-corrected chi connectivity index (χ2v) is 8.17. The number of amides is 1. The maximum absolute atomic E-state index is 12.8. The monoisotopic (exact) mass is 388 g/mol. The van der Waals surface area contributed by atoms with Gasteiger partial charge in [-0.15, -0.1) is 11.3 Å². The Balaban J connectivity index is 1.73. The zero-order valence-electron chi connectivity index (χ0n) is 15.7. The van der Waals surface area contributed by atoms with Gasteiger partial charge in [0.25, 0.3) is 5.91 Å². The van der Waals surface area contributed by atoms with Gasteiger partial charge < -0.3 is 14.7 Å². The first kappa shape index (κ1) is 19.4. The van der Waals surface area contributed by atoms with Crippen LogP contribution in [0.15, 0.2) is 29.6 Å². The number of piperidine rings is 1. The van der Waals surface area contributed by atoms with E-state index in [1.165, 1.54) is 11.3 Å². The number of carbonyl (C=O) groups excluding carboxylic acids is 1. The fourth-order valence-electron chi connectivity index (χ4n) is 3.31. The van der Waals surface area contributed by atoms with Crippen molar-refractivity contribution in [2.24, 2.45) is 11.8 Å². The lowest BCUT2D eigenvalue weighted by molar-refractivity contribution is -0.143. The van der Waals surface area contributed by atoms with Gasteiger partial charge in [-0.05, 0) is 50.5 Å². The minimum Gasteiger partial charge on any atom is -0.491 e. The molecule has 6 nitrogen and oxygen atoms in total. The van der Waals surface area contributed by atoms with Crippen molar-refractivity contribution in [1.29, 1.82) is 0 Å². The van der Waals surface area contributed by atoms with Crippen LogP contribution in [0.2, 0.25) is 0 Å². The number of carbonyl (C=O) groups is 2. The topological polar surface area (TPSA) is 79.7 Å². The zero-order valence-corrected chi connectivity index (χ0v) is 16.5. The Bertz CT molecular complexity index is 816. The summed E-state index contributed by atoms with van der Waals surface area (Å²) in [5.74, 6) is -0.597. The number of rotatable bonds is 5. The van der Waals surface area contributed by atoms with E-state index >= 15 is 0 Å². The van der Waals surface area contributed by atoms with Crippen molar-refractivity contribution < 1.29 is 19.4 Å². The fourth-order valence-corrected chi connectivity index (χ4v) is 4.11. The van der Waals surface area contributed by atoms with Crippen molar-refractivity contribution in [1.82, 2.24) is 9.88 Å². The Labute approximate surface area is 162 Å². The van der Waals surface area contributed by atoms with Crippen molar-refractivity contribution in [3.63, 3.8) is 0 Å². The highest BCUT2D eigenvalue weighted by Crippen LogP contribution is 2.28. The third-order valence-corrected chi connectivity index (χ3v) is 5.38. The van der Waals surface area contributed by atoms with E-state index in [0.29, 0.717) is 18.7 Å². The van der Waals surface area contributed by atoms with Gasteiger partial charge in [0.1, 0.15) is 16.5 Å². The van der Waals surface area contributed by atoms with Crippen LogP contribution in [0.5, 0.6) is 5.75 Å². The van der Waals surface area contributed by atoms with Crippen LogP contribution in [0.1, 0.15) is 37.7 Å². The van der Waals surface area contributed by atoms with E-state index in [0.717, 1.165) is 16.3 Å². The van der Waals surface area contributed by atoms with Crippen LogP contribution in [0.4, 0.5) is 0 Å². The van der Waals surface area contributed by atoms with Crippen LogP contribution in [0.25, 0.3) is 10.6 Å². The van der Waals surface area contributed by atoms with E-state index in [-0.39, 0.29) is 24.5 Å². The molecule has 1 aromatic carbocycles. The summed E-state index contributed by atoms with van der Waals surface area (Å²) in [4.78, 5) is 30.2. The molecule has 2 heterocycles. The summed E-state index contributed by atoms with van der Waals surface area (Å²) in [5, 5.41) is 11.8. The largest absolute Gasteiger partial charge is 0.491 e. The average Bonchev–Trinajstić information content (AvgIpc) is 3.10. The third kappa shape index (κ3) is 4.66. The van der Waals surface area contributed by atoms with Crippen molar-refractivity contribution >= 4 is 23.2 Å². The van der Waals surface area contributed by atoms with Crippen LogP contribution in [-0.4, -0.2) is 46.1 Å². The van der Waals surface area contributed by atoms with Gasteiger partial charge in [0.05, 0.1) is 12.0 Å². The number of likely N-dealkylation sites (tertiary alicyclic amines) is 1. The van der Waals surface area contributed by atoms with Gasteiger partial charge in [-0.25, -0.2) is 4.98 Å². The molecule has 3 rings (SSSR count). The Morgan fingerprint density at radius 1 is 1.26 bits per heavy atom. The van der Waals surface area contributed by atoms with E-state index in [4.69, 9.17) is 4.74 Å². The predicted molar refractivity (Wildman–Crippen MR) is 104 cm³/mol. The van der Waals surface area contributed by atoms with E-state index in [9.17, 15) is 14.7 Å². The molecule has 2 unspecified atom stereocenters. The summed E-state index contributed by atoms with van der Waals surface area (Å²) in [6.45, 7) is 6.73. The van der Waals surface area contributed by atoms with E-state index in [1.807, 2.05) is 45.0 Å². The molecule has 1 saturated heterocycles. The summed E-state index contributed by atoms with van der Waals surface area (Å²) in [6, 6.07) is 7.63. The molecule has 7 heteroatoms. The van der Waals surface area contributed by atoms with Crippen molar-refractivity contribution in [3.8, 4) is 16.3 Å². The van der Waals surface area contributed by atoms with Gasteiger partial charge in [-0.3, -0.25) is 9.59 Å². The van der Waals surface area contributed by atoms with Gasteiger partial charge >= 0.3 is 5.97 Å². The molecule has 1 aliphatic heterocycles. The fraction of sp³-hybridized carbons (Fsp3) is 0.450. The van der Waals surface area contributed by atoms with Crippen LogP contribution in [-0.2, 0) is 4.79 Å². The van der Waals surface area contributed by atoms with Crippen LogP contribution >= 0.6 is 11.3 Å². The average molecular weight is 388 g/mol. The molecule has 0 radical (unpaired) electrons. The maximum Gasteiger partial charge on any atom is 0.308 e. The smallest absolute Gasteiger partial charge is 0.308 e. The quantitative estimate of drug-likeness (QED) is 0.843. The first-order valence-electron chi connectivity index (χ1n) is 9.08. The van der Waals surface area contributed by atoms with E-state index in [1.54, 1.807) is 10.3 Å². The number of aromatic nitrogens is 1. The molecule has 0 aliphatic carbocycles. The maximum atomic E-state index is 12.8. The van der Waals surface area contributed by atoms with E-state index < -0.39 is 11.9 Å². The highest BCUT2D eigenvalue weighted by molar-refractivity contribution is 7.13. The molecule has 2 atom stereocenters. The summed E-state index contributed by atoms with van der Waals surface area (Å²) < 4.78 is 5.64. The number of hydrogen-bond donors (Lipinski definition) is 1. The molecule has 1 aliphatic rings. The SMILES string of the molecule is CC1CC(C(=O)O)CN(C(=O)c2csc(-c3ccc(OC(C)C)cc3)n2)C1. The van der Waals surface area contributed by atoms with Gasteiger partial charge in [-0.2, -0.15) is 0 Å². The number of benzene rings is 1. The summed E-state index contributed by atoms with van der Waals surface area (Å²) in [5.41, 5.74) is 1.29. The van der Waals surface area contributed by atoms with Crippen molar-refractivity contribution in [3.05, 3.63) is 35.3 Å². The minimum atomic E-state index is -0.845. The van der Waals surface area contributed by atoms with Gasteiger partial charge in [-0.1, -0.05) is 6.92 Å². The molecule has 0 saturated carbocycles. The Hall–Kier alpha value is -2.41. The number of nitrogens with zero attached hydrogens (tertiary/aromatic N) is 2. The van der Waals surface area contributed by atoms with Gasteiger partial charge in [0.15, 0.2) is 0 Å². The van der Waals surface area contributed by atoms with Gasteiger partial charge in [0.2, 0.25) is 0 Å².